The van der Waals surface area contributed by atoms with Crippen LogP contribution in [0.5, 0.6) is 0 Å². The topological polar surface area (TPSA) is 89.3 Å². The Labute approximate surface area is 121 Å². The third kappa shape index (κ3) is 2.77. The highest BCUT2D eigenvalue weighted by atomic mass is 32.2. The summed E-state index contributed by atoms with van der Waals surface area (Å²) in [6.45, 7) is 0.360. The molecule has 0 radical (unpaired) electrons. The van der Waals surface area contributed by atoms with Gasteiger partial charge in [-0.15, -0.1) is 0 Å². The van der Waals surface area contributed by atoms with Gasteiger partial charge in [0.25, 0.3) is 0 Å². The van der Waals surface area contributed by atoms with E-state index in [1.165, 1.54) is 0 Å². The lowest BCUT2D eigenvalue weighted by Crippen LogP contribution is -2.31. The van der Waals surface area contributed by atoms with Crippen LogP contribution in [0.2, 0.25) is 0 Å². The third-order valence-corrected chi connectivity index (χ3v) is 5.77. The molecule has 1 aromatic carbocycles. The summed E-state index contributed by atoms with van der Waals surface area (Å²) >= 11 is 0. The van der Waals surface area contributed by atoms with Crippen molar-refractivity contribution < 1.29 is 17.7 Å². The average Bonchev–Trinajstić information content (AvgIpc) is 3.26. The van der Waals surface area contributed by atoms with Crippen LogP contribution in [-0.4, -0.2) is 19.9 Å². The van der Waals surface area contributed by atoms with Crippen molar-refractivity contribution in [2.45, 2.75) is 30.6 Å². The number of hydrogen-bond acceptors (Lipinski definition) is 4. The molecule has 0 heterocycles. The highest BCUT2D eigenvalue weighted by Crippen LogP contribution is 2.60. The number of sulfonamides is 1. The summed E-state index contributed by atoms with van der Waals surface area (Å²) < 4.78 is 40.3. The Morgan fingerprint density at radius 2 is 2.05 bits per heavy atom. The van der Waals surface area contributed by atoms with Gasteiger partial charge >= 0.3 is 5.69 Å². The van der Waals surface area contributed by atoms with E-state index in [-0.39, 0.29) is 10.3 Å². The van der Waals surface area contributed by atoms with Crippen molar-refractivity contribution in [2.24, 2.45) is 11.3 Å². The van der Waals surface area contributed by atoms with Gasteiger partial charge in [0.2, 0.25) is 15.8 Å². The van der Waals surface area contributed by atoms with Crippen molar-refractivity contribution >= 4 is 15.7 Å². The zero-order valence-corrected chi connectivity index (χ0v) is 12.0. The first kappa shape index (κ1) is 14.4. The largest absolute Gasteiger partial charge is 0.304 e. The Morgan fingerprint density at radius 1 is 1.38 bits per heavy atom. The van der Waals surface area contributed by atoms with Gasteiger partial charge < -0.3 is 0 Å². The fraction of sp³-hybridized carbons (Fsp3) is 0.538. The normalized spacial score (nSPS) is 20.2. The number of halogens is 1. The van der Waals surface area contributed by atoms with Crippen LogP contribution in [0, 0.1) is 27.3 Å². The van der Waals surface area contributed by atoms with E-state index in [2.05, 4.69) is 4.72 Å². The number of nitro groups is 1. The smallest absolute Gasteiger partial charge is 0.258 e. The minimum absolute atomic E-state index is 0.0897. The van der Waals surface area contributed by atoms with Gasteiger partial charge in [0.05, 0.1) is 9.82 Å². The van der Waals surface area contributed by atoms with Crippen LogP contribution < -0.4 is 4.72 Å². The van der Waals surface area contributed by atoms with E-state index < -0.39 is 26.5 Å². The van der Waals surface area contributed by atoms with Crippen LogP contribution >= 0.6 is 0 Å². The molecule has 0 atom stereocenters. The van der Waals surface area contributed by atoms with Gasteiger partial charge in [-0.05, 0) is 43.1 Å². The number of hydrogen-bond donors (Lipinski definition) is 1. The first-order valence-corrected chi connectivity index (χ1v) is 8.26. The van der Waals surface area contributed by atoms with E-state index in [0.29, 0.717) is 18.5 Å². The number of nitro benzene ring substituents is 1. The predicted octanol–water partition coefficient (Wildman–Crippen LogP) is 2.20. The fourth-order valence-electron chi connectivity index (χ4n) is 2.71. The molecule has 2 fully saturated rings. The molecule has 6 nitrogen and oxygen atoms in total. The van der Waals surface area contributed by atoms with Gasteiger partial charge in [0.1, 0.15) is 0 Å². The van der Waals surface area contributed by atoms with Gasteiger partial charge in [-0.1, -0.05) is 0 Å². The zero-order chi connectivity index (χ0) is 15.3. The summed E-state index contributed by atoms with van der Waals surface area (Å²) in [7, 11) is -3.84. The molecule has 0 saturated heterocycles. The lowest BCUT2D eigenvalue weighted by atomic mass is 10.0. The Morgan fingerprint density at radius 3 is 2.52 bits per heavy atom. The summed E-state index contributed by atoms with van der Waals surface area (Å²) in [5.41, 5.74) is -0.641. The molecule has 0 bridgehead atoms. The molecule has 2 aliphatic carbocycles. The van der Waals surface area contributed by atoms with E-state index in [9.17, 15) is 22.9 Å². The van der Waals surface area contributed by atoms with Crippen LogP contribution in [0.3, 0.4) is 0 Å². The summed E-state index contributed by atoms with van der Waals surface area (Å²) in [6.07, 6.45) is 4.34. The molecule has 21 heavy (non-hydrogen) atoms. The molecule has 8 heteroatoms. The zero-order valence-electron chi connectivity index (χ0n) is 11.2. The minimum Gasteiger partial charge on any atom is -0.258 e. The molecule has 2 aliphatic rings. The Balaban J connectivity index is 1.75. The second-order valence-corrected chi connectivity index (χ2v) is 7.60. The highest BCUT2D eigenvalue weighted by Gasteiger charge is 2.53. The van der Waals surface area contributed by atoms with Crippen LogP contribution in [0.15, 0.2) is 23.1 Å². The SMILES string of the molecule is O=[N+]([O-])c1ccc(S(=O)(=O)NCC2(C3CC3)CC2)cc1F. The maximum Gasteiger partial charge on any atom is 0.304 e. The van der Waals surface area contributed by atoms with Crippen molar-refractivity contribution in [1.29, 1.82) is 0 Å². The second-order valence-electron chi connectivity index (χ2n) is 5.83. The van der Waals surface area contributed by atoms with Gasteiger partial charge in [-0.25, -0.2) is 13.1 Å². The van der Waals surface area contributed by atoms with Crippen molar-refractivity contribution in [1.82, 2.24) is 4.72 Å². The number of benzene rings is 1. The maximum absolute atomic E-state index is 13.5. The van der Waals surface area contributed by atoms with Crippen LogP contribution in [0.25, 0.3) is 0 Å². The quantitative estimate of drug-likeness (QED) is 0.644. The van der Waals surface area contributed by atoms with E-state index in [1.807, 2.05) is 0 Å². The fourth-order valence-corrected chi connectivity index (χ4v) is 3.86. The van der Waals surface area contributed by atoms with Gasteiger partial charge in [-0.2, -0.15) is 4.39 Å². The van der Waals surface area contributed by atoms with E-state index >= 15 is 0 Å². The van der Waals surface area contributed by atoms with Crippen molar-refractivity contribution in [3.63, 3.8) is 0 Å². The summed E-state index contributed by atoms with van der Waals surface area (Å²) in [5, 5.41) is 10.5. The number of rotatable bonds is 6. The first-order chi connectivity index (χ1) is 9.84. The van der Waals surface area contributed by atoms with Gasteiger partial charge in [-0.3, -0.25) is 10.1 Å². The molecule has 0 spiro atoms. The molecule has 2 saturated carbocycles. The molecular weight excluding hydrogens is 299 g/mol. The van der Waals surface area contributed by atoms with E-state index in [0.717, 1.165) is 37.8 Å². The molecule has 114 valence electrons. The summed E-state index contributed by atoms with van der Waals surface area (Å²) in [4.78, 5) is 9.37. The molecule has 0 unspecified atom stereocenters. The molecule has 1 aromatic rings. The lowest BCUT2D eigenvalue weighted by Gasteiger charge is -2.15. The van der Waals surface area contributed by atoms with Crippen LogP contribution in [0.1, 0.15) is 25.7 Å². The van der Waals surface area contributed by atoms with E-state index in [1.54, 1.807) is 0 Å². The Bertz CT molecular complexity index is 696. The monoisotopic (exact) mass is 314 g/mol. The molecule has 3 rings (SSSR count). The van der Waals surface area contributed by atoms with Crippen LogP contribution in [-0.2, 0) is 10.0 Å². The molecular formula is C13H15FN2O4S. The third-order valence-electron chi connectivity index (χ3n) is 4.38. The first-order valence-electron chi connectivity index (χ1n) is 6.78. The molecule has 0 amide bonds. The van der Waals surface area contributed by atoms with Crippen LogP contribution in [0.4, 0.5) is 10.1 Å². The second kappa shape index (κ2) is 4.74. The number of nitrogens with zero attached hydrogens (tertiary/aromatic N) is 1. The standard InChI is InChI=1S/C13H15FN2O4S/c14-11-7-10(3-4-12(11)16(17)18)21(19,20)15-8-13(5-6-13)9-1-2-9/h3-4,7,9,15H,1-2,5-6,8H2. The maximum atomic E-state index is 13.5. The van der Waals surface area contributed by atoms with Crippen molar-refractivity contribution in [2.75, 3.05) is 6.54 Å². The van der Waals surface area contributed by atoms with E-state index in [4.69, 9.17) is 0 Å². The lowest BCUT2D eigenvalue weighted by molar-refractivity contribution is -0.387. The average molecular weight is 314 g/mol. The molecule has 0 aliphatic heterocycles. The van der Waals surface area contributed by atoms with Crippen molar-refractivity contribution in [3.8, 4) is 0 Å². The summed E-state index contributed by atoms with van der Waals surface area (Å²) in [6, 6.07) is 2.62. The van der Waals surface area contributed by atoms with Gasteiger partial charge in [0.15, 0.2) is 0 Å². The highest BCUT2D eigenvalue weighted by molar-refractivity contribution is 7.89. The Kier molecular flexibility index (Phi) is 3.25. The Hall–Kier alpha value is -1.54. The summed E-state index contributed by atoms with van der Waals surface area (Å²) in [5.74, 6) is -0.542. The van der Waals surface area contributed by atoms with Crippen molar-refractivity contribution in [3.05, 3.63) is 34.1 Å². The van der Waals surface area contributed by atoms with Gasteiger partial charge in [0, 0.05) is 18.7 Å². The predicted molar refractivity (Wildman–Crippen MR) is 72.6 cm³/mol. The minimum atomic E-state index is -3.84. The molecule has 1 N–H and O–H groups in total. The molecule has 0 aromatic heterocycles. The number of nitrogens with one attached hydrogen (secondary N) is 1.